The maximum absolute atomic E-state index is 14.4. The van der Waals surface area contributed by atoms with E-state index < -0.39 is 0 Å². The summed E-state index contributed by atoms with van der Waals surface area (Å²) >= 11 is 0. The molecule has 6 nitrogen and oxygen atoms in total. The number of rotatable bonds is 3. The van der Waals surface area contributed by atoms with Gasteiger partial charge in [-0.1, -0.05) is 33.6 Å². The highest BCUT2D eigenvalue weighted by Gasteiger charge is 2.25. The molecule has 1 aliphatic carbocycles. The van der Waals surface area contributed by atoms with Crippen molar-refractivity contribution in [3.05, 3.63) is 42.0 Å². The summed E-state index contributed by atoms with van der Waals surface area (Å²) in [6.07, 6.45) is 12.3. The first-order chi connectivity index (χ1) is 17.2. The van der Waals surface area contributed by atoms with Crippen molar-refractivity contribution in [2.45, 2.75) is 86.1 Å². The Labute approximate surface area is 215 Å². The fourth-order valence-electron chi connectivity index (χ4n) is 4.45. The van der Waals surface area contributed by atoms with Gasteiger partial charge in [0, 0.05) is 23.5 Å². The van der Waals surface area contributed by atoms with Crippen molar-refractivity contribution in [2.75, 3.05) is 18.8 Å². The van der Waals surface area contributed by atoms with Crippen LogP contribution in [0.5, 0.6) is 0 Å². The van der Waals surface area contributed by atoms with Crippen LogP contribution in [0.15, 0.2) is 35.6 Å². The van der Waals surface area contributed by atoms with Gasteiger partial charge in [0.2, 0.25) is 5.95 Å². The number of hydrogen-bond acceptors (Lipinski definition) is 5. The molecule has 1 saturated carbocycles. The van der Waals surface area contributed by atoms with Gasteiger partial charge in [0.05, 0.1) is 11.7 Å². The average molecular weight is 495 g/mol. The molecule has 0 unspecified atom stereocenters. The standard InChI is InChI=1S/C16H16FN5.C9H17N.C4H10/c1-9(2)20-15-10(3)6-11(7-13(15)17)12-4-5-22-14(12)8-19-16(18)21-22;1-2-7-10(8-3-1)9-5-4-6-9;1-4(2)3/h4-8H,1-3H3,(H2,18,21);9H,1-8H2;4H,1-3H3. The lowest BCUT2D eigenvalue weighted by Crippen LogP contribution is -2.42. The molecule has 2 aromatic heterocycles. The highest BCUT2D eigenvalue weighted by atomic mass is 19.1. The maximum Gasteiger partial charge on any atom is 0.238 e. The van der Waals surface area contributed by atoms with Crippen LogP contribution < -0.4 is 5.73 Å². The second kappa shape index (κ2) is 12.9. The fourth-order valence-corrected chi connectivity index (χ4v) is 4.45. The van der Waals surface area contributed by atoms with E-state index in [1.165, 1.54) is 57.7 Å². The number of benzene rings is 1. The van der Waals surface area contributed by atoms with Gasteiger partial charge in [-0.25, -0.2) is 13.9 Å². The van der Waals surface area contributed by atoms with Crippen molar-refractivity contribution in [3.8, 4) is 11.1 Å². The summed E-state index contributed by atoms with van der Waals surface area (Å²) in [5, 5.41) is 4.09. The monoisotopic (exact) mass is 494 g/mol. The van der Waals surface area contributed by atoms with Gasteiger partial charge >= 0.3 is 0 Å². The van der Waals surface area contributed by atoms with E-state index >= 15 is 0 Å². The van der Waals surface area contributed by atoms with Crippen LogP contribution in [0.25, 0.3) is 16.6 Å². The predicted molar refractivity (Wildman–Crippen MR) is 150 cm³/mol. The minimum absolute atomic E-state index is 0.195. The van der Waals surface area contributed by atoms with E-state index in [1.807, 2.05) is 32.9 Å². The Bertz CT molecular complexity index is 1130. The average Bonchev–Trinajstić information content (AvgIpc) is 3.19. The molecule has 0 spiro atoms. The highest BCUT2D eigenvalue weighted by molar-refractivity contribution is 5.85. The van der Waals surface area contributed by atoms with Gasteiger partial charge in [0.15, 0.2) is 0 Å². The minimum Gasteiger partial charge on any atom is -0.367 e. The number of hydrogen-bond donors (Lipinski definition) is 1. The molecule has 196 valence electrons. The summed E-state index contributed by atoms with van der Waals surface area (Å²) in [5.74, 6) is 0.687. The first-order valence-corrected chi connectivity index (χ1v) is 13.3. The summed E-state index contributed by atoms with van der Waals surface area (Å²) in [6, 6.07) is 6.27. The van der Waals surface area contributed by atoms with Crippen molar-refractivity contribution < 1.29 is 4.39 Å². The predicted octanol–water partition coefficient (Wildman–Crippen LogP) is 7.23. The maximum atomic E-state index is 14.4. The van der Waals surface area contributed by atoms with Gasteiger partial charge in [0.25, 0.3) is 0 Å². The molecule has 1 aromatic carbocycles. The molecule has 1 aliphatic heterocycles. The molecule has 0 radical (unpaired) electrons. The molecule has 3 aromatic rings. The fraction of sp³-hybridized carbons (Fsp3) is 0.552. The van der Waals surface area contributed by atoms with Gasteiger partial charge in [-0.3, -0.25) is 4.99 Å². The van der Waals surface area contributed by atoms with Crippen molar-refractivity contribution in [1.82, 2.24) is 19.5 Å². The number of anilines is 1. The number of nitrogens with zero attached hydrogens (tertiary/aromatic N) is 5. The second-order valence-corrected chi connectivity index (χ2v) is 10.8. The Morgan fingerprint density at radius 1 is 1.08 bits per heavy atom. The normalized spacial score (nSPS) is 16.0. The highest BCUT2D eigenvalue weighted by Crippen LogP contribution is 2.32. The molecule has 2 aliphatic rings. The van der Waals surface area contributed by atoms with Gasteiger partial charge in [-0.15, -0.1) is 5.10 Å². The Hall–Kier alpha value is -2.80. The van der Waals surface area contributed by atoms with Crippen LogP contribution in [0.4, 0.5) is 16.0 Å². The van der Waals surface area contributed by atoms with Crippen molar-refractivity contribution in [1.29, 1.82) is 0 Å². The van der Waals surface area contributed by atoms with Crippen LogP contribution in [0.2, 0.25) is 0 Å². The van der Waals surface area contributed by atoms with Gasteiger partial charge in [-0.05, 0) is 94.8 Å². The van der Waals surface area contributed by atoms with E-state index in [-0.39, 0.29) is 11.8 Å². The van der Waals surface area contributed by atoms with Crippen molar-refractivity contribution in [2.24, 2.45) is 10.9 Å². The quantitative estimate of drug-likeness (QED) is 0.390. The first kappa shape index (κ1) is 27.8. The van der Waals surface area contributed by atoms with Crippen LogP contribution in [-0.4, -0.2) is 44.3 Å². The summed E-state index contributed by atoms with van der Waals surface area (Å²) < 4.78 is 16.0. The molecule has 7 heteroatoms. The molecule has 1 saturated heterocycles. The van der Waals surface area contributed by atoms with Gasteiger partial charge < -0.3 is 10.6 Å². The van der Waals surface area contributed by atoms with Crippen LogP contribution in [-0.2, 0) is 0 Å². The molecular weight excluding hydrogens is 451 g/mol. The molecule has 5 rings (SSSR count). The number of aliphatic imine (C=N–C) groups is 1. The zero-order chi connectivity index (χ0) is 26.2. The van der Waals surface area contributed by atoms with Crippen LogP contribution >= 0.6 is 0 Å². The minimum atomic E-state index is -0.341. The number of aromatic nitrogens is 3. The van der Waals surface area contributed by atoms with Crippen molar-refractivity contribution in [3.63, 3.8) is 0 Å². The molecule has 36 heavy (non-hydrogen) atoms. The van der Waals surface area contributed by atoms with Crippen LogP contribution in [0, 0.1) is 18.7 Å². The number of nitrogens with two attached hydrogens (primary N) is 1. The molecule has 0 bridgehead atoms. The summed E-state index contributed by atoms with van der Waals surface area (Å²) in [7, 11) is 0. The van der Waals surface area contributed by atoms with Gasteiger partial charge in [0.1, 0.15) is 11.5 Å². The zero-order valence-electron chi connectivity index (χ0n) is 22.9. The van der Waals surface area contributed by atoms with E-state index in [0.717, 1.165) is 39.9 Å². The second-order valence-electron chi connectivity index (χ2n) is 10.8. The van der Waals surface area contributed by atoms with E-state index in [9.17, 15) is 4.39 Å². The van der Waals surface area contributed by atoms with Crippen LogP contribution in [0.3, 0.4) is 0 Å². The number of halogens is 1. The van der Waals surface area contributed by atoms with Gasteiger partial charge in [-0.2, -0.15) is 0 Å². The third-order valence-electron chi connectivity index (χ3n) is 6.32. The van der Waals surface area contributed by atoms with Crippen molar-refractivity contribution >= 4 is 22.9 Å². The Morgan fingerprint density at radius 2 is 1.75 bits per heavy atom. The Kier molecular flexibility index (Phi) is 9.99. The Balaban J connectivity index is 0.000000212. The van der Waals surface area contributed by atoms with E-state index in [4.69, 9.17) is 5.73 Å². The number of aryl methyl sites for hydroxylation is 1. The topological polar surface area (TPSA) is 71.8 Å². The lowest BCUT2D eigenvalue weighted by atomic mass is 9.90. The number of piperidine rings is 1. The van der Waals surface area contributed by atoms with E-state index in [1.54, 1.807) is 16.9 Å². The third-order valence-corrected chi connectivity index (χ3v) is 6.32. The SMILES string of the molecule is C1CCN(C2CCC2)CC1.CC(C)=Nc1c(C)cc(-c2ccn3nc(N)ncc23)cc1F.CC(C)C. The number of fused-ring (bicyclic) bond motifs is 1. The summed E-state index contributed by atoms with van der Waals surface area (Å²) in [5.41, 5.74) is 9.94. The van der Waals surface area contributed by atoms with Crippen LogP contribution in [0.1, 0.15) is 78.7 Å². The summed E-state index contributed by atoms with van der Waals surface area (Å²) in [6.45, 7) is 14.8. The largest absolute Gasteiger partial charge is 0.367 e. The van der Waals surface area contributed by atoms with E-state index in [2.05, 4.69) is 40.7 Å². The lowest BCUT2D eigenvalue weighted by molar-refractivity contribution is 0.105. The Morgan fingerprint density at radius 3 is 2.31 bits per heavy atom. The molecule has 0 amide bonds. The number of likely N-dealkylation sites (tertiary alicyclic amines) is 1. The summed E-state index contributed by atoms with van der Waals surface area (Å²) in [4.78, 5) is 10.9. The third kappa shape index (κ3) is 7.60. The molecular formula is C29H43FN6. The number of nitrogen functional groups attached to an aromatic ring is 1. The van der Waals surface area contributed by atoms with E-state index in [0.29, 0.717) is 5.69 Å². The molecule has 0 atom stereocenters. The molecule has 3 heterocycles. The lowest BCUT2D eigenvalue weighted by Gasteiger charge is -2.39. The molecule has 2 N–H and O–H groups in total. The molecule has 2 fully saturated rings. The smallest absolute Gasteiger partial charge is 0.238 e. The first-order valence-electron chi connectivity index (χ1n) is 13.3. The zero-order valence-corrected chi connectivity index (χ0v) is 22.9.